The van der Waals surface area contributed by atoms with Gasteiger partial charge in [0.2, 0.25) is 0 Å². The van der Waals surface area contributed by atoms with Crippen molar-refractivity contribution < 1.29 is 26.3 Å². The number of alkyl halides is 6. The van der Waals surface area contributed by atoms with Crippen LogP contribution in [0.15, 0.2) is 109 Å². The van der Waals surface area contributed by atoms with Crippen molar-refractivity contribution in [2.45, 2.75) is 36.5 Å². The van der Waals surface area contributed by atoms with E-state index in [1.165, 1.54) is 2.46 Å². The summed E-state index contributed by atoms with van der Waals surface area (Å²) in [5, 5.41) is 2.56. The molecule has 3 radical (unpaired) electrons. The summed E-state index contributed by atoms with van der Waals surface area (Å²) in [7, 11) is 10.6. The van der Waals surface area contributed by atoms with Crippen LogP contribution < -0.4 is 15.1 Å². The fourth-order valence-electron chi connectivity index (χ4n) is 6.02. The monoisotopic (exact) mass is 949 g/mol. The smallest absolute Gasteiger partial charge is 0.0204 e. The molecule has 3 aromatic carbocycles. The zero-order valence-electron chi connectivity index (χ0n) is 28.4. The van der Waals surface area contributed by atoms with E-state index in [0.29, 0.717) is 36.0 Å². The Labute approximate surface area is 323 Å². The Morgan fingerprint density at radius 1 is 0.843 bits per heavy atom. The minimum absolute atomic E-state index is 0.117. The van der Waals surface area contributed by atoms with Crippen LogP contribution in [0.2, 0.25) is 0 Å². The number of fused-ring (bicyclic) bond motifs is 1. The Hall–Kier alpha value is -2.67. The normalized spacial score (nSPS) is 17.4. The number of benzene rings is 3. The summed E-state index contributed by atoms with van der Waals surface area (Å²) in [5.41, 5.74) is 4.57. The number of anilines is 2. The molecule has 0 spiro atoms. The third-order valence-corrected chi connectivity index (χ3v) is 12.0. The maximum Gasteiger partial charge on any atom is -0.0204 e. The number of halogens is 6. The Kier molecular flexibility index (Phi) is 12.5. The first-order valence-corrected chi connectivity index (χ1v) is 19.8. The maximum absolute atomic E-state index is 14.1. The second-order valence-corrected chi connectivity index (χ2v) is 18.1. The molecule has 5 rings (SSSR count). The molecule has 0 bridgehead atoms. The molecular weight excluding hydrogens is 913 g/mol. The number of hydrogen-bond acceptors (Lipinski definition) is 4. The van der Waals surface area contributed by atoms with Crippen LogP contribution in [0.5, 0.6) is 0 Å². The van der Waals surface area contributed by atoms with Crippen LogP contribution in [0, 0.1) is 0 Å². The molecule has 0 amide bonds. The molecular formula is C39H36F6N2PPbS2. The van der Waals surface area contributed by atoms with Gasteiger partial charge >= 0.3 is 255 Å². The van der Waals surface area contributed by atoms with E-state index in [1.807, 2.05) is 80.5 Å². The molecule has 2 nitrogen and oxygen atoms in total. The van der Waals surface area contributed by atoms with Gasteiger partial charge in [0.1, 0.15) is 0 Å². The van der Waals surface area contributed by atoms with Crippen molar-refractivity contribution in [1.29, 1.82) is 0 Å². The molecule has 51 heavy (non-hydrogen) atoms. The summed E-state index contributed by atoms with van der Waals surface area (Å²) < 4.78 is 85.8. The van der Waals surface area contributed by atoms with Crippen molar-refractivity contribution in [3.05, 3.63) is 132 Å². The minimum Gasteiger partial charge on any atom is -0.105 e. The maximum atomic E-state index is 14.1. The zero-order chi connectivity index (χ0) is 37.2. The Balaban J connectivity index is 1.70. The SMILES string of the molecule is CN(C)c1ccc(C(=C\S)/C=C/C2=C(c3cc(C(F)(F)F)cc(C(F)(F)F)c3)C(=C/C=C3\C=[C]([Pb])Sc4cc(N(C)C)ccc43)/CCC2)c(P)c1. The average molecular weight is 949 g/mol. The van der Waals surface area contributed by atoms with Gasteiger partial charge in [-0.2, -0.15) is 12.6 Å². The third-order valence-electron chi connectivity index (χ3n) is 8.64. The molecule has 0 saturated heterocycles. The predicted molar refractivity (Wildman–Crippen MR) is 210 cm³/mol. The zero-order valence-corrected chi connectivity index (χ0v) is 35.1. The number of rotatable bonds is 7. The number of nitrogens with zero attached hydrogens (tertiary/aromatic N) is 2. The molecule has 3 aromatic rings. The van der Waals surface area contributed by atoms with Gasteiger partial charge in [0.25, 0.3) is 0 Å². The molecule has 1 aliphatic heterocycles. The molecule has 2 aliphatic rings. The number of allylic oxidation sites excluding steroid dienone is 10. The van der Waals surface area contributed by atoms with Crippen LogP contribution in [0.3, 0.4) is 0 Å². The summed E-state index contributed by atoms with van der Waals surface area (Å²) in [6.07, 6.45) is 1.25. The Morgan fingerprint density at radius 2 is 1.47 bits per heavy atom. The van der Waals surface area contributed by atoms with E-state index in [-0.39, 0.29) is 11.6 Å². The van der Waals surface area contributed by atoms with Gasteiger partial charge in [-0.15, -0.1) is 9.24 Å². The van der Waals surface area contributed by atoms with Gasteiger partial charge in [-0.3, -0.25) is 0 Å². The molecule has 1 aliphatic carbocycles. The third kappa shape index (κ3) is 9.47. The second kappa shape index (κ2) is 16.1. The summed E-state index contributed by atoms with van der Waals surface area (Å²) in [4.78, 5) is 5.12. The van der Waals surface area contributed by atoms with E-state index in [0.717, 1.165) is 81.7 Å². The second-order valence-electron chi connectivity index (χ2n) is 12.6. The molecule has 0 fully saturated rings. The van der Waals surface area contributed by atoms with Crippen LogP contribution in [-0.4, -0.2) is 54.0 Å². The van der Waals surface area contributed by atoms with Crippen molar-refractivity contribution in [3.63, 3.8) is 0 Å². The van der Waals surface area contributed by atoms with Crippen molar-refractivity contribution >= 4 is 92.8 Å². The van der Waals surface area contributed by atoms with E-state index >= 15 is 0 Å². The molecule has 0 N–H and O–H groups in total. The predicted octanol–water partition coefficient (Wildman–Crippen LogP) is 10.9. The molecule has 1 unspecified atom stereocenters. The first-order valence-electron chi connectivity index (χ1n) is 15.9. The van der Waals surface area contributed by atoms with E-state index in [4.69, 9.17) is 0 Å². The largest absolute Gasteiger partial charge is 0.105 e. The van der Waals surface area contributed by atoms with Crippen LogP contribution in [0.25, 0.3) is 16.7 Å². The van der Waals surface area contributed by atoms with Gasteiger partial charge in [0.05, 0.1) is 0 Å². The molecule has 12 heteroatoms. The standard InChI is InChI=1S/C39H36F6N2PS2.Pb/c1-46(2)31-12-14-33(35(48)21-31)27(23-49)11-10-26-7-5-6-25(9-8-24-16-17-50-36-22-32(47(3)4)13-15-34(24)36)37(26)28-18-29(38(40,41)42)20-30(19-28)39(43,44)45;/h8-16,18-23,49H,5-7,48H2,1-4H3;/b11-10+,24-8+,25-9+,27-23-;. The van der Waals surface area contributed by atoms with Crippen molar-refractivity contribution in [1.82, 2.24) is 0 Å². The first kappa shape index (κ1) is 39.5. The summed E-state index contributed by atoms with van der Waals surface area (Å²) in [6.45, 7) is 0. The van der Waals surface area contributed by atoms with E-state index in [9.17, 15) is 26.3 Å². The molecule has 0 aromatic heterocycles. The Bertz CT molecular complexity index is 1990. The van der Waals surface area contributed by atoms with Gasteiger partial charge in [-0.05, 0) is 17.4 Å². The van der Waals surface area contributed by atoms with Gasteiger partial charge < -0.3 is 4.90 Å². The van der Waals surface area contributed by atoms with Crippen molar-refractivity contribution in [2.24, 2.45) is 0 Å². The van der Waals surface area contributed by atoms with Gasteiger partial charge in [0, 0.05) is 19.8 Å². The molecule has 265 valence electrons. The van der Waals surface area contributed by atoms with Crippen LogP contribution in [0.4, 0.5) is 37.7 Å². The van der Waals surface area contributed by atoms with Crippen LogP contribution in [-0.2, 0) is 12.4 Å². The molecule has 1 heterocycles. The number of hydrogen-bond donors (Lipinski definition) is 1. The summed E-state index contributed by atoms with van der Waals surface area (Å²) in [6, 6.07) is 14.0. The topological polar surface area (TPSA) is 6.48 Å². The van der Waals surface area contributed by atoms with E-state index < -0.39 is 23.5 Å². The van der Waals surface area contributed by atoms with Crippen molar-refractivity contribution in [2.75, 3.05) is 38.0 Å². The fraction of sp³-hybridized carbons (Fsp3) is 0.231. The number of thioether (sulfide) groups is 1. The van der Waals surface area contributed by atoms with Crippen molar-refractivity contribution in [3.8, 4) is 0 Å². The van der Waals surface area contributed by atoms with Gasteiger partial charge in [-0.1, -0.05) is 6.07 Å². The van der Waals surface area contributed by atoms with Gasteiger partial charge in [-0.25, -0.2) is 0 Å². The quantitative estimate of drug-likeness (QED) is 0.0830. The summed E-state index contributed by atoms with van der Waals surface area (Å²) >= 11 is 6.99. The Morgan fingerprint density at radius 3 is 2.06 bits per heavy atom. The van der Waals surface area contributed by atoms with E-state index in [2.05, 4.69) is 40.1 Å². The van der Waals surface area contributed by atoms with E-state index in [1.54, 1.807) is 23.2 Å². The fourth-order valence-corrected chi connectivity index (χ4v) is 9.46. The molecule has 1 atom stereocenters. The minimum atomic E-state index is -4.97. The number of thiol groups is 1. The average Bonchev–Trinajstić information content (AvgIpc) is 3.06. The summed E-state index contributed by atoms with van der Waals surface area (Å²) in [5.74, 6) is 0. The molecule has 0 saturated carbocycles. The van der Waals surface area contributed by atoms with Gasteiger partial charge in [0.15, 0.2) is 0 Å². The van der Waals surface area contributed by atoms with Crippen LogP contribution in [0.1, 0.15) is 47.1 Å². The van der Waals surface area contributed by atoms with Crippen LogP contribution >= 0.6 is 33.6 Å². The first-order chi connectivity index (χ1) is 24.0.